The molecule has 1 aromatic carbocycles. The largest absolute Gasteiger partial charge is 0.494 e. The van der Waals surface area contributed by atoms with Gasteiger partial charge in [-0.15, -0.1) is 0 Å². The molecule has 6 heteroatoms. The van der Waals surface area contributed by atoms with E-state index in [1.54, 1.807) is 24.3 Å². The van der Waals surface area contributed by atoms with E-state index in [0.29, 0.717) is 12.2 Å². The summed E-state index contributed by atoms with van der Waals surface area (Å²) in [5, 5.41) is 22.6. The molecule has 2 unspecified atom stereocenters. The highest BCUT2D eigenvalue weighted by molar-refractivity contribution is 5.29. The molecule has 0 radical (unpaired) electrons. The summed E-state index contributed by atoms with van der Waals surface area (Å²) in [7, 11) is 0. The Kier molecular flexibility index (Phi) is 6.00. The summed E-state index contributed by atoms with van der Waals surface area (Å²) in [4.78, 5) is 2.53. The van der Waals surface area contributed by atoms with Gasteiger partial charge in [0.1, 0.15) is 11.9 Å². The molecule has 0 aromatic heterocycles. The third-order valence-electron chi connectivity index (χ3n) is 2.39. The average molecular weight is 251 g/mol. The predicted octanol–water partition coefficient (Wildman–Crippen LogP) is 2.18. The number of aliphatic hydroxyl groups is 2. The Bertz CT molecular complexity index is 402. The molecule has 0 amide bonds. The van der Waals surface area contributed by atoms with Gasteiger partial charge in [0.25, 0.3) is 0 Å². The second kappa shape index (κ2) is 7.55. The minimum atomic E-state index is -1.11. The SMILES string of the molecule is CCCOc1ccc(C(O)C(O)CN=[N+]=[N-])cc1. The maximum absolute atomic E-state index is 9.81. The molecule has 98 valence electrons. The van der Waals surface area contributed by atoms with Crippen LogP contribution in [0, 0.1) is 0 Å². The fourth-order valence-corrected chi connectivity index (χ4v) is 1.42. The maximum Gasteiger partial charge on any atom is 0.119 e. The van der Waals surface area contributed by atoms with Gasteiger partial charge in [0.2, 0.25) is 0 Å². The van der Waals surface area contributed by atoms with E-state index in [2.05, 4.69) is 10.0 Å². The number of hydrogen-bond donors (Lipinski definition) is 2. The van der Waals surface area contributed by atoms with E-state index in [1.807, 2.05) is 6.92 Å². The highest BCUT2D eigenvalue weighted by Gasteiger charge is 2.17. The average Bonchev–Trinajstić information content (AvgIpc) is 2.42. The van der Waals surface area contributed by atoms with Gasteiger partial charge in [-0.2, -0.15) is 0 Å². The van der Waals surface area contributed by atoms with Crippen LogP contribution in [-0.4, -0.2) is 29.5 Å². The molecule has 0 spiro atoms. The highest BCUT2D eigenvalue weighted by Crippen LogP contribution is 2.20. The first-order chi connectivity index (χ1) is 8.69. The van der Waals surface area contributed by atoms with E-state index in [4.69, 9.17) is 10.3 Å². The van der Waals surface area contributed by atoms with Crippen molar-refractivity contribution in [3.05, 3.63) is 40.3 Å². The smallest absolute Gasteiger partial charge is 0.119 e. The summed E-state index contributed by atoms with van der Waals surface area (Å²) in [5.41, 5.74) is 8.69. The van der Waals surface area contributed by atoms with E-state index in [9.17, 15) is 10.2 Å². The first-order valence-electron chi connectivity index (χ1n) is 5.78. The molecule has 18 heavy (non-hydrogen) atoms. The van der Waals surface area contributed by atoms with Crippen molar-refractivity contribution in [2.24, 2.45) is 5.11 Å². The molecule has 1 rings (SSSR count). The Labute approximate surface area is 105 Å². The zero-order valence-corrected chi connectivity index (χ0v) is 10.2. The topological polar surface area (TPSA) is 98.5 Å². The van der Waals surface area contributed by atoms with E-state index in [1.165, 1.54) is 0 Å². The van der Waals surface area contributed by atoms with Crippen LogP contribution in [0.5, 0.6) is 5.75 Å². The molecule has 2 atom stereocenters. The monoisotopic (exact) mass is 251 g/mol. The number of ether oxygens (including phenoxy) is 1. The van der Waals surface area contributed by atoms with Gasteiger partial charge in [0.05, 0.1) is 19.3 Å². The molecule has 0 saturated carbocycles. The van der Waals surface area contributed by atoms with Crippen molar-refractivity contribution in [1.29, 1.82) is 0 Å². The van der Waals surface area contributed by atoms with Crippen LogP contribution in [0.15, 0.2) is 29.4 Å². The molecule has 0 saturated heterocycles. The van der Waals surface area contributed by atoms with Crippen LogP contribution >= 0.6 is 0 Å². The molecule has 0 aliphatic rings. The lowest BCUT2D eigenvalue weighted by molar-refractivity contribution is 0.0244. The molecule has 2 N–H and O–H groups in total. The molecule has 6 nitrogen and oxygen atoms in total. The van der Waals surface area contributed by atoms with Gasteiger partial charge in [0.15, 0.2) is 0 Å². The Morgan fingerprint density at radius 3 is 2.56 bits per heavy atom. The summed E-state index contributed by atoms with van der Waals surface area (Å²) in [6.45, 7) is 2.50. The third-order valence-corrected chi connectivity index (χ3v) is 2.39. The lowest BCUT2D eigenvalue weighted by atomic mass is 10.0. The minimum absolute atomic E-state index is 0.161. The number of benzene rings is 1. The number of nitrogens with zero attached hydrogens (tertiary/aromatic N) is 3. The van der Waals surface area contributed by atoms with Crippen molar-refractivity contribution in [2.75, 3.05) is 13.2 Å². The van der Waals surface area contributed by atoms with Crippen LogP contribution in [0.25, 0.3) is 10.4 Å². The number of aliphatic hydroxyl groups excluding tert-OH is 2. The predicted molar refractivity (Wildman–Crippen MR) is 67.2 cm³/mol. The molecular formula is C12H17N3O3. The van der Waals surface area contributed by atoms with Gasteiger partial charge >= 0.3 is 0 Å². The van der Waals surface area contributed by atoms with Gasteiger partial charge in [0, 0.05) is 4.91 Å². The fraction of sp³-hybridized carbons (Fsp3) is 0.500. The minimum Gasteiger partial charge on any atom is -0.494 e. The van der Waals surface area contributed by atoms with Crippen LogP contribution in [-0.2, 0) is 0 Å². The van der Waals surface area contributed by atoms with Crippen LogP contribution < -0.4 is 4.74 Å². The quantitative estimate of drug-likeness (QED) is 0.441. The second-order valence-electron chi connectivity index (χ2n) is 3.84. The molecule has 1 aromatic rings. The summed E-state index contributed by atoms with van der Waals surface area (Å²) in [5.74, 6) is 0.720. The Balaban J connectivity index is 2.63. The molecule has 0 aliphatic carbocycles. The Morgan fingerprint density at radius 1 is 1.33 bits per heavy atom. The molecule has 0 aliphatic heterocycles. The van der Waals surface area contributed by atoms with Gasteiger partial charge < -0.3 is 14.9 Å². The molecular weight excluding hydrogens is 234 g/mol. The lowest BCUT2D eigenvalue weighted by Gasteiger charge is -2.16. The zero-order valence-electron chi connectivity index (χ0n) is 10.2. The van der Waals surface area contributed by atoms with E-state index >= 15 is 0 Å². The van der Waals surface area contributed by atoms with Gasteiger partial charge in [-0.05, 0) is 29.6 Å². The van der Waals surface area contributed by atoms with Crippen molar-refractivity contribution in [1.82, 2.24) is 0 Å². The number of azide groups is 1. The summed E-state index contributed by atoms with van der Waals surface area (Å²) >= 11 is 0. The van der Waals surface area contributed by atoms with E-state index < -0.39 is 12.2 Å². The first kappa shape index (κ1) is 14.3. The van der Waals surface area contributed by atoms with Gasteiger partial charge in [-0.25, -0.2) is 0 Å². The van der Waals surface area contributed by atoms with Crippen LogP contribution in [0.3, 0.4) is 0 Å². The van der Waals surface area contributed by atoms with E-state index in [0.717, 1.165) is 12.2 Å². The third kappa shape index (κ3) is 4.25. The van der Waals surface area contributed by atoms with Crippen LogP contribution in [0.2, 0.25) is 0 Å². The van der Waals surface area contributed by atoms with Crippen molar-refractivity contribution < 1.29 is 14.9 Å². The van der Waals surface area contributed by atoms with Crippen molar-refractivity contribution >= 4 is 0 Å². The van der Waals surface area contributed by atoms with Crippen LogP contribution in [0.4, 0.5) is 0 Å². The highest BCUT2D eigenvalue weighted by atomic mass is 16.5. The van der Waals surface area contributed by atoms with Crippen LogP contribution in [0.1, 0.15) is 25.0 Å². The van der Waals surface area contributed by atoms with Crippen molar-refractivity contribution in [2.45, 2.75) is 25.6 Å². The number of rotatable bonds is 7. The molecule has 0 bridgehead atoms. The van der Waals surface area contributed by atoms with Gasteiger partial charge in [-0.3, -0.25) is 0 Å². The summed E-state index contributed by atoms with van der Waals surface area (Å²) < 4.78 is 5.40. The summed E-state index contributed by atoms with van der Waals surface area (Å²) in [6, 6.07) is 6.81. The zero-order chi connectivity index (χ0) is 13.4. The standard InChI is InChI=1S/C12H17N3O3/c1-2-7-18-10-5-3-9(4-6-10)12(17)11(16)8-14-15-13/h3-6,11-12,16-17H,2,7-8H2,1H3. The maximum atomic E-state index is 9.81. The Hall–Kier alpha value is -1.75. The molecule has 0 heterocycles. The normalized spacial score (nSPS) is 13.5. The Morgan fingerprint density at radius 2 is 2.00 bits per heavy atom. The van der Waals surface area contributed by atoms with E-state index in [-0.39, 0.29) is 6.54 Å². The fourth-order valence-electron chi connectivity index (χ4n) is 1.42. The van der Waals surface area contributed by atoms with Gasteiger partial charge in [-0.1, -0.05) is 24.2 Å². The number of hydrogen-bond acceptors (Lipinski definition) is 4. The van der Waals surface area contributed by atoms with Crippen molar-refractivity contribution in [3.63, 3.8) is 0 Å². The van der Waals surface area contributed by atoms with Crippen molar-refractivity contribution in [3.8, 4) is 5.75 Å². The summed E-state index contributed by atoms with van der Waals surface area (Å²) in [6.07, 6.45) is -1.26. The second-order valence-corrected chi connectivity index (χ2v) is 3.84. The lowest BCUT2D eigenvalue weighted by Crippen LogP contribution is -2.21. The first-order valence-corrected chi connectivity index (χ1v) is 5.78. The molecule has 0 fully saturated rings.